The molecule has 0 fully saturated rings. The van der Waals surface area contributed by atoms with E-state index in [0.717, 1.165) is 11.0 Å². The van der Waals surface area contributed by atoms with Crippen LogP contribution in [0.15, 0.2) is 35.7 Å². The molecule has 1 aromatic carbocycles. The molecule has 0 atom stereocenters. The molecule has 82 valence electrons. The number of halogens is 1. The highest BCUT2D eigenvalue weighted by Crippen LogP contribution is 2.04. The lowest BCUT2D eigenvalue weighted by Crippen LogP contribution is -2.03. The molecule has 0 saturated carbocycles. The van der Waals surface area contributed by atoms with E-state index in [-0.39, 0.29) is 12.5 Å². The zero-order valence-electron chi connectivity index (χ0n) is 7.97. The number of hydrogen-bond donors (Lipinski definition) is 0. The van der Waals surface area contributed by atoms with Gasteiger partial charge in [0.15, 0.2) is 0 Å². The highest BCUT2D eigenvalue weighted by atomic mass is 35.5. The van der Waals surface area contributed by atoms with E-state index < -0.39 is 10.1 Å². The van der Waals surface area contributed by atoms with E-state index in [1.807, 2.05) is 18.2 Å². The van der Waals surface area contributed by atoms with Crippen molar-refractivity contribution in [1.29, 1.82) is 0 Å². The number of benzene rings is 1. The molecular formula is C10H11ClO3S. The van der Waals surface area contributed by atoms with Crippen LogP contribution in [0.1, 0.15) is 5.56 Å². The van der Waals surface area contributed by atoms with E-state index in [2.05, 4.69) is 4.18 Å². The molecule has 0 aliphatic rings. The SMILES string of the molecule is O=S(=O)(/C=C/c1ccccc1)OCCCl. The fourth-order valence-corrected chi connectivity index (χ4v) is 1.80. The average molecular weight is 247 g/mol. The van der Waals surface area contributed by atoms with Gasteiger partial charge in [-0.1, -0.05) is 30.3 Å². The minimum absolute atomic E-state index is 0.0109. The van der Waals surface area contributed by atoms with Gasteiger partial charge >= 0.3 is 0 Å². The van der Waals surface area contributed by atoms with Gasteiger partial charge in [-0.2, -0.15) is 8.42 Å². The topological polar surface area (TPSA) is 43.4 Å². The minimum atomic E-state index is -3.61. The Morgan fingerprint density at radius 1 is 1.27 bits per heavy atom. The van der Waals surface area contributed by atoms with Crippen LogP contribution >= 0.6 is 11.6 Å². The molecule has 0 saturated heterocycles. The third kappa shape index (κ3) is 4.97. The fraction of sp³-hybridized carbons (Fsp3) is 0.200. The van der Waals surface area contributed by atoms with Crippen molar-refractivity contribution < 1.29 is 12.6 Å². The van der Waals surface area contributed by atoms with Crippen molar-refractivity contribution >= 4 is 27.8 Å². The van der Waals surface area contributed by atoms with Gasteiger partial charge in [0.25, 0.3) is 10.1 Å². The zero-order chi connectivity index (χ0) is 11.1. The lowest BCUT2D eigenvalue weighted by atomic mass is 10.2. The highest BCUT2D eigenvalue weighted by molar-refractivity contribution is 7.89. The number of alkyl halides is 1. The Kier molecular flexibility index (Phi) is 4.81. The summed E-state index contributed by atoms with van der Waals surface area (Å²) >= 11 is 5.31. The second-order valence-corrected chi connectivity index (χ2v) is 4.59. The molecule has 0 aromatic heterocycles. The Morgan fingerprint density at radius 3 is 2.53 bits per heavy atom. The summed E-state index contributed by atoms with van der Waals surface area (Å²) in [6.45, 7) is -0.0109. The molecule has 15 heavy (non-hydrogen) atoms. The van der Waals surface area contributed by atoms with Crippen LogP contribution in [0.5, 0.6) is 0 Å². The third-order valence-electron chi connectivity index (χ3n) is 1.55. The Hall–Kier alpha value is -0.840. The Morgan fingerprint density at radius 2 is 1.93 bits per heavy atom. The van der Waals surface area contributed by atoms with Crippen LogP contribution in [0.25, 0.3) is 6.08 Å². The van der Waals surface area contributed by atoms with E-state index in [0.29, 0.717) is 0 Å². The first-order valence-electron chi connectivity index (χ1n) is 4.32. The molecular weight excluding hydrogens is 236 g/mol. The second-order valence-electron chi connectivity index (χ2n) is 2.72. The lowest BCUT2D eigenvalue weighted by Gasteiger charge is -1.97. The fourth-order valence-electron chi connectivity index (χ4n) is 0.913. The van der Waals surface area contributed by atoms with Gasteiger partial charge in [-0.15, -0.1) is 11.6 Å². The quantitative estimate of drug-likeness (QED) is 0.591. The molecule has 0 spiro atoms. The summed E-state index contributed by atoms with van der Waals surface area (Å²) in [6.07, 6.45) is 1.48. The van der Waals surface area contributed by atoms with E-state index in [9.17, 15) is 8.42 Å². The van der Waals surface area contributed by atoms with Crippen molar-refractivity contribution in [3.8, 4) is 0 Å². The van der Waals surface area contributed by atoms with Crippen LogP contribution in [-0.4, -0.2) is 20.9 Å². The molecule has 0 unspecified atom stereocenters. The summed E-state index contributed by atoms with van der Waals surface area (Å²) in [7, 11) is -3.61. The minimum Gasteiger partial charge on any atom is -0.266 e. The summed E-state index contributed by atoms with van der Waals surface area (Å²) in [5, 5.41) is 1.02. The lowest BCUT2D eigenvalue weighted by molar-refractivity contribution is 0.347. The smallest absolute Gasteiger partial charge is 0.266 e. The maximum absolute atomic E-state index is 11.2. The molecule has 5 heteroatoms. The van der Waals surface area contributed by atoms with E-state index in [4.69, 9.17) is 11.6 Å². The predicted octanol–water partition coefficient (Wildman–Crippen LogP) is 2.24. The molecule has 3 nitrogen and oxygen atoms in total. The van der Waals surface area contributed by atoms with Crippen LogP contribution in [0.3, 0.4) is 0 Å². The van der Waals surface area contributed by atoms with E-state index >= 15 is 0 Å². The second kappa shape index (κ2) is 5.90. The molecule has 0 bridgehead atoms. The Balaban J connectivity index is 2.65. The monoisotopic (exact) mass is 246 g/mol. The van der Waals surface area contributed by atoms with Gasteiger partial charge in [0.1, 0.15) is 0 Å². The third-order valence-corrected chi connectivity index (χ3v) is 2.67. The Labute approximate surface area is 94.5 Å². The average Bonchev–Trinajstić information content (AvgIpc) is 2.25. The molecule has 0 aliphatic heterocycles. The van der Waals surface area contributed by atoms with Gasteiger partial charge in [0, 0.05) is 5.88 Å². The predicted molar refractivity (Wildman–Crippen MR) is 61.1 cm³/mol. The molecule has 0 radical (unpaired) electrons. The zero-order valence-corrected chi connectivity index (χ0v) is 9.54. The maximum atomic E-state index is 11.2. The summed E-state index contributed by atoms with van der Waals surface area (Å²) < 4.78 is 26.9. The molecule has 0 aliphatic carbocycles. The van der Waals surface area contributed by atoms with Crippen LogP contribution < -0.4 is 0 Å². The van der Waals surface area contributed by atoms with Gasteiger partial charge in [0.05, 0.1) is 12.0 Å². The van der Waals surface area contributed by atoms with Crippen molar-refractivity contribution in [2.75, 3.05) is 12.5 Å². The van der Waals surface area contributed by atoms with Crippen LogP contribution in [0, 0.1) is 0 Å². The molecule has 1 aromatic rings. The number of rotatable bonds is 5. The van der Waals surface area contributed by atoms with Crippen LogP contribution in [0.2, 0.25) is 0 Å². The summed E-state index contributed by atoms with van der Waals surface area (Å²) in [5.41, 5.74) is 0.801. The van der Waals surface area contributed by atoms with Crippen molar-refractivity contribution in [3.63, 3.8) is 0 Å². The largest absolute Gasteiger partial charge is 0.290 e. The standard InChI is InChI=1S/C10H11ClO3S/c11-7-8-14-15(12,13)9-6-10-4-2-1-3-5-10/h1-6,9H,7-8H2/b9-6+. The van der Waals surface area contributed by atoms with Crippen molar-refractivity contribution in [2.24, 2.45) is 0 Å². The van der Waals surface area contributed by atoms with Crippen LogP contribution in [-0.2, 0) is 14.3 Å². The first-order valence-corrected chi connectivity index (χ1v) is 6.33. The van der Waals surface area contributed by atoms with Gasteiger partial charge in [0.2, 0.25) is 0 Å². The summed E-state index contributed by atoms with van der Waals surface area (Å²) in [4.78, 5) is 0. The van der Waals surface area contributed by atoms with Gasteiger partial charge in [-0.3, -0.25) is 4.18 Å². The summed E-state index contributed by atoms with van der Waals surface area (Å²) in [5.74, 6) is 0.151. The molecule has 0 amide bonds. The molecule has 1 rings (SSSR count). The van der Waals surface area contributed by atoms with Crippen molar-refractivity contribution in [2.45, 2.75) is 0 Å². The molecule has 0 heterocycles. The maximum Gasteiger partial charge on any atom is 0.290 e. The first-order chi connectivity index (χ1) is 7.14. The molecule has 0 N–H and O–H groups in total. The normalized spacial score (nSPS) is 12.1. The highest BCUT2D eigenvalue weighted by Gasteiger charge is 2.04. The van der Waals surface area contributed by atoms with Crippen molar-refractivity contribution in [3.05, 3.63) is 41.3 Å². The number of hydrogen-bond acceptors (Lipinski definition) is 3. The van der Waals surface area contributed by atoms with E-state index in [1.54, 1.807) is 12.1 Å². The Bertz CT molecular complexity index is 412. The first kappa shape index (κ1) is 12.2. The van der Waals surface area contributed by atoms with Crippen LogP contribution in [0.4, 0.5) is 0 Å². The van der Waals surface area contributed by atoms with Gasteiger partial charge < -0.3 is 0 Å². The van der Waals surface area contributed by atoms with Gasteiger partial charge in [-0.25, -0.2) is 0 Å². The van der Waals surface area contributed by atoms with Crippen molar-refractivity contribution in [1.82, 2.24) is 0 Å². The van der Waals surface area contributed by atoms with E-state index in [1.165, 1.54) is 6.08 Å². The summed E-state index contributed by atoms with van der Waals surface area (Å²) in [6, 6.07) is 9.11. The van der Waals surface area contributed by atoms with Gasteiger partial charge in [-0.05, 0) is 11.6 Å².